The van der Waals surface area contributed by atoms with Gasteiger partial charge in [0, 0.05) is 24.8 Å². The van der Waals surface area contributed by atoms with Gasteiger partial charge < -0.3 is 16.4 Å². The summed E-state index contributed by atoms with van der Waals surface area (Å²) in [5.74, 6) is 0.148. The van der Waals surface area contributed by atoms with Gasteiger partial charge in [0.2, 0.25) is 5.95 Å². The number of nitrogens with two attached hydrogens (primary N) is 1. The maximum Gasteiger partial charge on any atom is 0.251 e. The molecule has 1 aliphatic heterocycles. The molecular weight excluding hydrogens is 362 g/mol. The van der Waals surface area contributed by atoms with E-state index in [1.54, 1.807) is 12.3 Å². The Morgan fingerprint density at radius 3 is 2.93 bits per heavy atom. The van der Waals surface area contributed by atoms with E-state index in [1.165, 1.54) is 11.1 Å². The number of nitrogen functional groups attached to an aromatic ring is 1. The number of allylic oxidation sites excluding steroid dienone is 3. The fourth-order valence-electron chi connectivity index (χ4n) is 3.35. The molecule has 1 aliphatic rings. The van der Waals surface area contributed by atoms with Crippen LogP contribution in [-0.2, 0) is 13.0 Å². The second-order valence-corrected chi connectivity index (χ2v) is 7.06. The van der Waals surface area contributed by atoms with Crippen LogP contribution in [0, 0.1) is 0 Å². The number of aromatic nitrogens is 2. The van der Waals surface area contributed by atoms with Gasteiger partial charge in [0.05, 0.1) is 5.69 Å². The van der Waals surface area contributed by atoms with E-state index in [1.807, 2.05) is 44.2 Å². The average molecular weight is 390 g/mol. The van der Waals surface area contributed by atoms with Crippen molar-refractivity contribution in [1.82, 2.24) is 20.6 Å². The molecule has 0 atom stereocenters. The van der Waals surface area contributed by atoms with Crippen molar-refractivity contribution in [1.29, 1.82) is 0 Å². The van der Waals surface area contributed by atoms with Crippen LogP contribution in [0.15, 0.2) is 60.3 Å². The minimum absolute atomic E-state index is 0.0686. The molecule has 6 heteroatoms. The lowest BCUT2D eigenvalue weighted by atomic mass is 9.98. The zero-order valence-electron chi connectivity index (χ0n) is 17.0. The summed E-state index contributed by atoms with van der Waals surface area (Å²) in [6, 6.07) is 7.70. The molecule has 0 saturated heterocycles. The highest BCUT2D eigenvalue weighted by atomic mass is 16.1. The van der Waals surface area contributed by atoms with Crippen LogP contribution in [0.25, 0.3) is 5.57 Å². The number of hydrogen-bond donors (Lipinski definition) is 3. The fourth-order valence-corrected chi connectivity index (χ4v) is 3.35. The molecule has 0 saturated carbocycles. The van der Waals surface area contributed by atoms with Gasteiger partial charge in [0.1, 0.15) is 0 Å². The first-order valence-electron chi connectivity index (χ1n) is 9.70. The molecule has 1 amide bonds. The van der Waals surface area contributed by atoms with Crippen LogP contribution >= 0.6 is 0 Å². The van der Waals surface area contributed by atoms with Gasteiger partial charge >= 0.3 is 0 Å². The molecule has 2 heterocycles. The summed E-state index contributed by atoms with van der Waals surface area (Å²) < 4.78 is 0. The second kappa shape index (κ2) is 9.30. The number of amides is 1. The van der Waals surface area contributed by atoms with Crippen molar-refractivity contribution in [3.05, 3.63) is 82.7 Å². The fraction of sp³-hybridized carbons (Fsp3) is 0.261. The Kier molecular flexibility index (Phi) is 6.57. The number of anilines is 1. The molecule has 0 aliphatic carbocycles. The highest BCUT2D eigenvalue weighted by molar-refractivity contribution is 5.94. The zero-order chi connectivity index (χ0) is 20.8. The number of fused-ring (bicyclic) bond motifs is 1. The highest BCUT2D eigenvalue weighted by Gasteiger charge is 2.13. The van der Waals surface area contributed by atoms with Crippen LogP contribution in [-0.4, -0.2) is 29.0 Å². The van der Waals surface area contributed by atoms with Crippen LogP contribution in [0.5, 0.6) is 0 Å². The monoisotopic (exact) mass is 389 g/mol. The lowest BCUT2D eigenvalue weighted by Crippen LogP contribution is -2.27. The van der Waals surface area contributed by atoms with Gasteiger partial charge in [-0.15, -0.1) is 0 Å². The number of nitrogens with zero attached hydrogens (tertiary/aromatic N) is 2. The summed E-state index contributed by atoms with van der Waals surface area (Å²) in [5, 5.41) is 6.36. The van der Waals surface area contributed by atoms with Gasteiger partial charge in [0.15, 0.2) is 0 Å². The van der Waals surface area contributed by atoms with E-state index in [9.17, 15) is 4.79 Å². The SMILES string of the molecule is C=C(/C=C(C)\C(=C/C)CNC(=O)c1ccc2c(c1)CCNC2)c1ccnc(N)n1. The Balaban J connectivity index is 1.65. The molecule has 29 heavy (non-hydrogen) atoms. The van der Waals surface area contributed by atoms with Crippen molar-refractivity contribution < 1.29 is 4.79 Å². The summed E-state index contributed by atoms with van der Waals surface area (Å²) in [6.45, 7) is 10.3. The van der Waals surface area contributed by atoms with Crippen molar-refractivity contribution in [2.75, 3.05) is 18.8 Å². The topological polar surface area (TPSA) is 92.9 Å². The number of benzene rings is 1. The quantitative estimate of drug-likeness (QED) is 0.661. The third-order valence-corrected chi connectivity index (χ3v) is 5.04. The number of carbonyl (C=O) groups is 1. The first kappa shape index (κ1) is 20.5. The third-order valence-electron chi connectivity index (χ3n) is 5.04. The van der Waals surface area contributed by atoms with Crippen LogP contribution in [0.4, 0.5) is 5.95 Å². The maximum atomic E-state index is 12.6. The smallest absolute Gasteiger partial charge is 0.251 e. The summed E-state index contributed by atoms with van der Waals surface area (Å²) in [5.41, 5.74) is 12.3. The average Bonchev–Trinajstić information content (AvgIpc) is 2.73. The molecule has 6 nitrogen and oxygen atoms in total. The van der Waals surface area contributed by atoms with Gasteiger partial charge in [-0.1, -0.05) is 24.8 Å². The molecule has 3 rings (SSSR count). The van der Waals surface area contributed by atoms with Crippen molar-refractivity contribution in [2.24, 2.45) is 0 Å². The Labute approximate surface area is 171 Å². The number of nitrogens with one attached hydrogen (secondary N) is 2. The van der Waals surface area contributed by atoms with E-state index in [0.717, 1.165) is 36.2 Å². The minimum Gasteiger partial charge on any atom is -0.368 e. The summed E-state index contributed by atoms with van der Waals surface area (Å²) in [4.78, 5) is 20.7. The molecule has 1 aromatic heterocycles. The maximum absolute atomic E-state index is 12.6. The van der Waals surface area contributed by atoms with Crippen LogP contribution in [0.1, 0.15) is 41.0 Å². The molecule has 0 bridgehead atoms. The Bertz CT molecular complexity index is 991. The normalized spacial score (nSPS) is 14.3. The summed E-state index contributed by atoms with van der Waals surface area (Å²) >= 11 is 0. The zero-order valence-corrected chi connectivity index (χ0v) is 17.0. The van der Waals surface area contributed by atoms with E-state index < -0.39 is 0 Å². The van der Waals surface area contributed by atoms with Gasteiger partial charge in [-0.05, 0) is 72.9 Å². The predicted octanol–water partition coefficient (Wildman–Crippen LogP) is 3.04. The van der Waals surface area contributed by atoms with Crippen molar-refractivity contribution in [3.63, 3.8) is 0 Å². The van der Waals surface area contributed by atoms with Crippen LogP contribution < -0.4 is 16.4 Å². The first-order chi connectivity index (χ1) is 14.0. The Hall–Kier alpha value is -3.25. The highest BCUT2D eigenvalue weighted by Crippen LogP contribution is 2.18. The van der Waals surface area contributed by atoms with Crippen molar-refractivity contribution in [2.45, 2.75) is 26.8 Å². The first-order valence-corrected chi connectivity index (χ1v) is 9.70. The third kappa shape index (κ3) is 5.18. The molecule has 2 aromatic rings. The molecule has 150 valence electrons. The number of carbonyl (C=O) groups excluding carboxylic acids is 1. The number of hydrogen-bond acceptors (Lipinski definition) is 5. The van der Waals surface area contributed by atoms with Crippen molar-refractivity contribution in [3.8, 4) is 0 Å². The largest absolute Gasteiger partial charge is 0.368 e. The van der Waals surface area contributed by atoms with Crippen LogP contribution in [0.3, 0.4) is 0 Å². The molecular formula is C23H27N5O. The summed E-state index contributed by atoms with van der Waals surface area (Å²) in [7, 11) is 0. The Morgan fingerprint density at radius 2 is 2.17 bits per heavy atom. The molecule has 0 spiro atoms. The standard InChI is InChI=1S/C23H27N5O/c1-4-17(15(2)11-16(3)21-8-10-26-23(24)28-21)14-27-22(29)19-5-6-20-13-25-9-7-18(20)12-19/h4-6,8,10-12,25H,3,7,9,13-14H2,1-2H3,(H,27,29)(H2,24,26,28)/b15-11-,17-4-. The molecule has 4 N–H and O–H groups in total. The molecule has 0 radical (unpaired) electrons. The van der Waals surface area contributed by atoms with E-state index in [0.29, 0.717) is 17.8 Å². The predicted molar refractivity (Wildman–Crippen MR) is 117 cm³/mol. The van der Waals surface area contributed by atoms with E-state index in [4.69, 9.17) is 5.73 Å². The molecule has 0 fully saturated rings. The van der Waals surface area contributed by atoms with E-state index in [-0.39, 0.29) is 11.9 Å². The van der Waals surface area contributed by atoms with E-state index in [2.05, 4.69) is 27.2 Å². The van der Waals surface area contributed by atoms with Gasteiger partial charge in [-0.25, -0.2) is 9.97 Å². The molecule has 1 aromatic carbocycles. The minimum atomic E-state index is -0.0686. The van der Waals surface area contributed by atoms with E-state index >= 15 is 0 Å². The van der Waals surface area contributed by atoms with Gasteiger partial charge in [0.25, 0.3) is 5.91 Å². The van der Waals surface area contributed by atoms with Gasteiger partial charge in [-0.2, -0.15) is 0 Å². The Morgan fingerprint density at radius 1 is 1.34 bits per heavy atom. The van der Waals surface area contributed by atoms with Gasteiger partial charge in [-0.3, -0.25) is 4.79 Å². The second-order valence-electron chi connectivity index (χ2n) is 7.06. The van der Waals surface area contributed by atoms with Crippen LogP contribution in [0.2, 0.25) is 0 Å². The number of rotatable bonds is 6. The van der Waals surface area contributed by atoms with Crippen molar-refractivity contribution >= 4 is 17.4 Å². The lowest BCUT2D eigenvalue weighted by Gasteiger charge is -2.18. The molecule has 0 unspecified atom stereocenters. The lowest BCUT2D eigenvalue weighted by molar-refractivity contribution is 0.0957. The summed E-state index contributed by atoms with van der Waals surface area (Å²) in [6.07, 6.45) is 6.49.